The van der Waals surface area contributed by atoms with Crippen LogP contribution in [0.3, 0.4) is 0 Å². The minimum absolute atomic E-state index is 0.0746. The van der Waals surface area contributed by atoms with Crippen molar-refractivity contribution in [3.63, 3.8) is 0 Å². The fraction of sp³-hybridized carbons (Fsp3) is 0.227. The number of carboxylic acids is 1. The lowest BCUT2D eigenvalue weighted by atomic mass is 9.97. The highest BCUT2D eigenvalue weighted by Gasteiger charge is 2.23. The molecule has 0 aliphatic heterocycles. The minimum Gasteiger partial charge on any atom is -0.496 e. The number of nitrogens with two attached hydrogens (primary N) is 1. The molecule has 2 aromatic rings. The zero-order chi connectivity index (χ0) is 19.8. The molecular formula is C22H25NO4. The van der Waals surface area contributed by atoms with Gasteiger partial charge in [0, 0.05) is 5.56 Å². The number of rotatable bonds is 8. The van der Waals surface area contributed by atoms with Gasteiger partial charge in [-0.2, -0.15) is 0 Å². The second-order valence-electron chi connectivity index (χ2n) is 6.20. The van der Waals surface area contributed by atoms with Gasteiger partial charge in [0.1, 0.15) is 23.8 Å². The average Bonchev–Trinajstić information content (AvgIpc) is 2.65. The quantitative estimate of drug-likeness (QED) is 0.411. The minimum atomic E-state index is -1.08. The molecule has 5 nitrogen and oxygen atoms in total. The zero-order valence-corrected chi connectivity index (χ0v) is 15.9. The van der Waals surface area contributed by atoms with E-state index in [1.54, 1.807) is 19.3 Å². The van der Waals surface area contributed by atoms with E-state index in [-0.39, 0.29) is 18.0 Å². The first-order valence-corrected chi connectivity index (χ1v) is 8.64. The van der Waals surface area contributed by atoms with Crippen molar-refractivity contribution >= 4 is 18.1 Å². The molecule has 27 heavy (non-hydrogen) atoms. The van der Waals surface area contributed by atoms with Gasteiger partial charge in [-0.25, -0.2) is 4.79 Å². The standard InChI is InChI=1S/C22H25NO4/c1-15(2)9-12-18-19(26-3)13-17(11-10-16-7-5-4-6-8-16)20(22(24)25)21(18)27-14-23/h4-11,13H,12,14,23H2,1-3H3,(H,24,25). The first-order valence-electron chi connectivity index (χ1n) is 8.64. The van der Waals surface area contributed by atoms with Crippen molar-refractivity contribution in [3.05, 3.63) is 70.3 Å². The van der Waals surface area contributed by atoms with Gasteiger partial charge in [-0.05, 0) is 37.5 Å². The van der Waals surface area contributed by atoms with Crippen LogP contribution in [0.25, 0.3) is 12.2 Å². The van der Waals surface area contributed by atoms with Crippen molar-refractivity contribution in [1.82, 2.24) is 0 Å². The number of carboxylic acid groups (broad SMARTS) is 1. The Bertz CT molecular complexity index is 850. The van der Waals surface area contributed by atoms with Gasteiger partial charge in [-0.1, -0.05) is 54.1 Å². The lowest BCUT2D eigenvalue weighted by Gasteiger charge is -2.18. The molecule has 142 valence electrons. The molecule has 0 fully saturated rings. The summed E-state index contributed by atoms with van der Waals surface area (Å²) < 4.78 is 11.1. The highest BCUT2D eigenvalue weighted by molar-refractivity contribution is 5.97. The van der Waals surface area contributed by atoms with Crippen molar-refractivity contribution in [2.45, 2.75) is 20.3 Å². The Hall–Kier alpha value is -3.05. The summed E-state index contributed by atoms with van der Waals surface area (Å²) in [5.74, 6) is -0.268. The van der Waals surface area contributed by atoms with Gasteiger partial charge in [0.15, 0.2) is 0 Å². The zero-order valence-electron chi connectivity index (χ0n) is 15.9. The summed E-state index contributed by atoms with van der Waals surface area (Å²) in [7, 11) is 1.55. The molecule has 0 heterocycles. The van der Waals surface area contributed by atoms with Gasteiger partial charge in [-0.3, -0.25) is 5.73 Å². The number of methoxy groups -OCH3 is 1. The maximum atomic E-state index is 12.0. The molecule has 0 aliphatic rings. The van der Waals surface area contributed by atoms with E-state index in [0.29, 0.717) is 23.3 Å². The van der Waals surface area contributed by atoms with Crippen LogP contribution < -0.4 is 15.2 Å². The van der Waals surface area contributed by atoms with E-state index in [2.05, 4.69) is 0 Å². The molecule has 2 aromatic carbocycles. The third-order valence-corrected chi connectivity index (χ3v) is 4.00. The molecule has 0 amide bonds. The Morgan fingerprint density at radius 2 is 1.89 bits per heavy atom. The van der Waals surface area contributed by atoms with Crippen molar-refractivity contribution in [1.29, 1.82) is 0 Å². The molecule has 5 heteroatoms. The van der Waals surface area contributed by atoms with Gasteiger partial charge >= 0.3 is 5.97 Å². The molecular weight excluding hydrogens is 342 g/mol. The van der Waals surface area contributed by atoms with Crippen LogP contribution in [-0.4, -0.2) is 24.9 Å². The highest BCUT2D eigenvalue weighted by atomic mass is 16.5. The molecule has 0 unspecified atom stereocenters. The topological polar surface area (TPSA) is 81.8 Å². The first kappa shape index (κ1) is 20.3. The smallest absolute Gasteiger partial charge is 0.340 e. The van der Waals surface area contributed by atoms with Crippen LogP contribution in [0, 0.1) is 0 Å². The third kappa shape index (κ3) is 5.21. The summed E-state index contributed by atoms with van der Waals surface area (Å²) in [6, 6.07) is 11.4. The average molecular weight is 367 g/mol. The Labute approximate surface area is 159 Å². The molecule has 0 atom stereocenters. The van der Waals surface area contributed by atoms with Crippen molar-refractivity contribution in [2.24, 2.45) is 5.73 Å². The van der Waals surface area contributed by atoms with Crippen LogP contribution in [-0.2, 0) is 6.42 Å². The normalized spacial score (nSPS) is 10.7. The largest absolute Gasteiger partial charge is 0.496 e. The number of ether oxygens (including phenoxy) is 2. The first-order chi connectivity index (χ1) is 13.0. The van der Waals surface area contributed by atoms with E-state index in [9.17, 15) is 9.90 Å². The van der Waals surface area contributed by atoms with E-state index >= 15 is 0 Å². The van der Waals surface area contributed by atoms with E-state index in [4.69, 9.17) is 15.2 Å². The molecule has 0 aliphatic carbocycles. The highest BCUT2D eigenvalue weighted by Crippen LogP contribution is 2.37. The predicted molar refractivity (Wildman–Crippen MR) is 108 cm³/mol. The Kier molecular flexibility index (Phi) is 7.20. The maximum absolute atomic E-state index is 12.0. The molecule has 3 N–H and O–H groups in total. The fourth-order valence-corrected chi connectivity index (χ4v) is 2.72. The molecule has 0 saturated carbocycles. The Balaban J connectivity index is 2.65. The van der Waals surface area contributed by atoms with Gasteiger partial charge < -0.3 is 14.6 Å². The molecule has 0 bridgehead atoms. The lowest BCUT2D eigenvalue weighted by Crippen LogP contribution is -2.14. The number of aromatic carboxylic acids is 1. The number of carbonyl (C=O) groups is 1. The van der Waals surface area contributed by atoms with Crippen LogP contribution in [0.1, 0.15) is 40.9 Å². The third-order valence-electron chi connectivity index (χ3n) is 4.00. The second kappa shape index (κ2) is 9.59. The number of hydrogen-bond acceptors (Lipinski definition) is 4. The lowest BCUT2D eigenvalue weighted by molar-refractivity contribution is 0.0692. The van der Waals surface area contributed by atoms with Gasteiger partial charge in [0.2, 0.25) is 0 Å². The van der Waals surface area contributed by atoms with Crippen LogP contribution in [0.5, 0.6) is 11.5 Å². The van der Waals surface area contributed by atoms with Crippen molar-refractivity contribution in [3.8, 4) is 11.5 Å². The summed E-state index contributed by atoms with van der Waals surface area (Å²) in [4.78, 5) is 12.0. The number of benzene rings is 2. The predicted octanol–water partition coefficient (Wildman–Crippen LogP) is 4.37. The SMILES string of the molecule is COc1cc(C=Cc2ccccc2)c(C(=O)O)c(OCN)c1CC=C(C)C. The number of hydrogen-bond donors (Lipinski definition) is 2. The monoisotopic (exact) mass is 367 g/mol. The Morgan fingerprint density at radius 1 is 1.19 bits per heavy atom. The maximum Gasteiger partial charge on any atom is 0.340 e. The molecule has 0 radical (unpaired) electrons. The summed E-state index contributed by atoms with van der Waals surface area (Å²) in [6.07, 6.45) is 6.08. The van der Waals surface area contributed by atoms with Crippen molar-refractivity contribution in [2.75, 3.05) is 13.8 Å². The Morgan fingerprint density at radius 3 is 2.44 bits per heavy atom. The van der Waals surface area contributed by atoms with E-state index < -0.39 is 5.97 Å². The summed E-state index contributed by atoms with van der Waals surface area (Å²) in [6.45, 7) is 3.83. The molecule has 0 saturated heterocycles. The molecule has 2 rings (SSSR count). The van der Waals surface area contributed by atoms with E-state index in [0.717, 1.165) is 11.1 Å². The van der Waals surface area contributed by atoms with Crippen LogP contribution >= 0.6 is 0 Å². The van der Waals surface area contributed by atoms with Crippen LogP contribution in [0.2, 0.25) is 0 Å². The second-order valence-corrected chi connectivity index (χ2v) is 6.20. The number of allylic oxidation sites excluding steroid dienone is 2. The van der Waals surface area contributed by atoms with Crippen LogP contribution in [0.15, 0.2) is 48.0 Å². The summed E-state index contributed by atoms with van der Waals surface area (Å²) in [5.41, 5.74) is 8.88. The van der Waals surface area contributed by atoms with Gasteiger partial charge in [0.05, 0.1) is 7.11 Å². The van der Waals surface area contributed by atoms with Gasteiger partial charge in [0.25, 0.3) is 0 Å². The van der Waals surface area contributed by atoms with Gasteiger partial charge in [-0.15, -0.1) is 0 Å². The molecule has 0 aromatic heterocycles. The fourth-order valence-electron chi connectivity index (χ4n) is 2.72. The summed E-state index contributed by atoms with van der Waals surface area (Å²) >= 11 is 0. The van der Waals surface area contributed by atoms with Crippen LogP contribution in [0.4, 0.5) is 0 Å². The van der Waals surface area contributed by atoms with E-state index in [1.165, 1.54) is 0 Å². The molecule has 0 spiro atoms. The summed E-state index contributed by atoms with van der Waals surface area (Å²) in [5, 5.41) is 9.82. The van der Waals surface area contributed by atoms with E-state index in [1.807, 2.05) is 56.3 Å². The van der Waals surface area contributed by atoms with Crippen molar-refractivity contribution < 1.29 is 19.4 Å².